The Morgan fingerprint density at radius 2 is 1.92 bits per heavy atom. The Bertz CT molecular complexity index is 190. The van der Waals surface area contributed by atoms with Gasteiger partial charge >= 0.3 is 5.97 Å². The van der Waals surface area contributed by atoms with E-state index in [1.165, 1.54) is 0 Å². The highest BCUT2D eigenvalue weighted by molar-refractivity contribution is 5.74. The summed E-state index contributed by atoms with van der Waals surface area (Å²) in [5.41, 5.74) is -0.345. The molecule has 0 aliphatic heterocycles. The lowest BCUT2D eigenvalue weighted by Gasteiger charge is -2.35. The maximum atomic E-state index is 11.5. The van der Waals surface area contributed by atoms with Crippen molar-refractivity contribution < 1.29 is 9.53 Å². The van der Waals surface area contributed by atoms with Crippen LogP contribution in [0.4, 0.5) is 0 Å². The minimum Gasteiger partial charge on any atom is -0.460 e. The van der Waals surface area contributed by atoms with Gasteiger partial charge in [-0.3, -0.25) is 4.79 Å². The second-order valence-corrected chi connectivity index (χ2v) is 4.69. The third-order valence-electron chi connectivity index (χ3n) is 2.29. The molecule has 1 N–H and O–H groups in total. The molecule has 1 saturated carbocycles. The molecule has 0 unspecified atom stereocenters. The maximum Gasteiger partial charge on any atom is 0.309 e. The lowest BCUT2D eigenvalue weighted by Crippen LogP contribution is -2.44. The Kier molecular flexibility index (Phi) is 2.96. The van der Waals surface area contributed by atoms with Gasteiger partial charge in [0.15, 0.2) is 0 Å². The average Bonchev–Trinajstić information content (AvgIpc) is 1.79. The lowest BCUT2D eigenvalue weighted by atomic mass is 9.80. The van der Waals surface area contributed by atoms with Crippen LogP contribution in [0.5, 0.6) is 0 Å². The molecular formula is C10H19NO2. The zero-order valence-corrected chi connectivity index (χ0v) is 8.89. The van der Waals surface area contributed by atoms with Crippen molar-refractivity contribution >= 4 is 5.97 Å². The Labute approximate surface area is 79.8 Å². The molecule has 76 valence electrons. The fourth-order valence-corrected chi connectivity index (χ4v) is 1.43. The normalized spacial score (nSPS) is 28.0. The maximum absolute atomic E-state index is 11.5. The molecule has 3 nitrogen and oxygen atoms in total. The number of ether oxygens (including phenoxy) is 1. The van der Waals surface area contributed by atoms with Gasteiger partial charge in [0.1, 0.15) is 5.60 Å². The highest BCUT2D eigenvalue weighted by Gasteiger charge is 2.36. The first kappa shape index (κ1) is 10.5. The molecule has 1 aliphatic rings. The number of nitrogens with one attached hydrogen (secondary N) is 1. The van der Waals surface area contributed by atoms with Crippen LogP contribution in [-0.4, -0.2) is 24.7 Å². The summed E-state index contributed by atoms with van der Waals surface area (Å²) in [6.45, 7) is 5.71. The van der Waals surface area contributed by atoms with E-state index in [4.69, 9.17) is 4.74 Å². The van der Waals surface area contributed by atoms with Gasteiger partial charge in [0, 0.05) is 6.04 Å². The van der Waals surface area contributed by atoms with Crippen LogP contribution in [0.1, 0.15) is 33.6 Å². The fraction of sp³-hybridized carbons (Fsp3) is 0.900. The molecule has 0 spiro atoms. The first-order valence-corrected chi connectivity index (χ1v) is 4.82. The molecule has 1 aliphatic carbocycles. The molecule has 1 rings (SSSR count). The SMILES string of the molecule is CN[C@H]1C[C@H](C(=O)OC(C)(C)C)C1. The smallest absolute Gasteiger partial charge is 0.309 e. The molecule has 0 atom stereocenters. The molecular weight excluding hydrogens is 166 g/mol. The largest absolute Gasteiger partial charge is 0.460 e. The van der Waals surface area contributed by atoms with Crippen molar-refractivity contribution in [3.63, 3.8) is 0 Å². The summed E-state index contributed by atoms with van der Waals surface area (Å²) in [6, 6.07) is 0.512. The van der Waals surface area contributed by atoms with Gasteiger partial charge in [0.2, 0.25) is 0 Å². The third kappa shape index (κ3) is 2.99. The molecule has 0 aromatic carbocycles. The van der Waals surface area contributed by atoms with Crippen molar-refractivity contribution in [2.24, 2.45) is 5.92 Å². The van der Waals surface area contributed by atoms with Gasteiger partial charge in [-0.05, 0) is 40.7 Å². The first-order valence-electron chi connectivity index (χ1n) is 4.82. The van der Waals surface area contributed by atoms with Crippen molar-refractivity contribution in [1.29, 1.82) is 0 Å². The number of hydrogen-bond donors (Lipinski definition) is 1. The van der Waals surface area contributed by atoms with Gasteiger partial charge in [-0.1, -0.05) is 0 Å². The van der Waals surface area contributed by atoms with Crippen LogP contribution in [0, 0.1) is 5.92 Å². The van der Waals surface area contributed by atoms with E-state index < -0.39 is 0 Å². The molecule has 0 saturated heterocycles. The third-order valence-corrected chi connectivity index (χ3v) is 2.29. The van der Waals surface area contributed by atoms with Gasteiger partial charge in [-0.2, -0.15) is 0 Å². The van der Waals surface area contributed by atoms with Gasteiger partial charge < -0.3 is 10.1 Å². The highest BCUT2D eigenvalue weighted by Crippen LogP contribution is 2.29. The van der Waals surface area contributed by atoms with Crippen LogP contribution in [0.25, 0.3) is 0 Å². The van der Waals surface area contributed by atoms with Crippen molar-refractivity contribution in [3.05, 3.63) is 0 Å². The Balaban J connectivity index is 2.27. The van der Waals surface area contributed by atoms with E-state index in [9.17, 15) is 4.79 Å². The van der Waals surface area contributed by atoms with Gasteiger partial charge in [-0.25, -0.2) is 0 Å². The van der Waals surface area contributed by atoms with Crippen LogP contribution < -0.4 is 5.32 Å². The summed E-state index contributed by atoms with van der Waals surface area (Å²) in [5, 5.41) is 3.14. The quantitative estimate of drug-likeness (QED) is 0.659. The molecule has 0 bridgehead atoms. The minimum atomic E-state index is -0.345. The summed E-state index contributed by atoms with van der Waals surface area (Å²) in [5.74, 6) is 0.0793. The van der Waals surface area contributed by atoms with E-state index in [1.54, 1.807) is 0 Å². The number of carbonyl (C=O) groups is 1. The minimum absolute atomic E-state index is 0.0426. The van der Waals surface area contributed by atoms with Crippen LogP contribution in [0.3, 0.4) is 0 Å². The summed E-state index contributed by atoms with van der Waals surface area (Å²) in [7, 11) is 1.93. The zero-order valence-electron chi connectivity index (χ0n) is 8.89. The molecule has 0 radical (unpaired) electrons. The molecule has 3 heteroatoms. The van der Waals surface area contributed by atoms with Crippen LogP contribution in [0.2, 0.25) is 0 Å². The Morgan fingerprint density at radius 1 is 1.38 bits per heavy atom. The fourth-order valence-electron chi connectivity index (χ4n) is 1.43. The van der Waals surface area contributed by atoms with Gasteiger partial charge in [0.25, 0.3) is 0 Å². The molecule has 0 aromatic rings. The Hall–Kier alpha value is -0.570. The van der Waals surface area contributed by atoms with Crippen molar-refractivity contribution in [2.75, 3.05) is 7.05 Å². The van der Waals surface area contributed by atoms with Crippen LogP contribution >= 0.6 is 0 Å². The van der Waals surface area contributed by atoms with E-state index in [2.05, 4.69) is 5.32 Å². The van der Waals surface area contributed by atoms with E-state index in [1.807, 2.05) is 27.8 Å². The number of hydrogen-bond acceptors (Lipinski definition) is 3. The zero-order chi connectivity index (χ0) is 10.1. The van der Waals surface area contributed by atoms with Gasteiger partial charge in [0.05, 0.1) is 5.92 Å². The van der Waals surface area contributed by atoms with E-state index in [0.717, 1.165) is 12.8 Å². The predicted octanol–water partition coefficient (Wildman–Crippen LogP) is 1.33. The van der Waals surface area contributed by atoms with Crippen molar-refractivity contribution in [2.45, 2.75) is 45.3 Å². The standard InChI is InChI=1S/C10H19NO2/c1-10(2,3)13-9(12)7-5-8(6-7)11-4/h7-8,11H,5-6H2,1-4H3/t7-,8-. The predicted molar refractivity (Wildman–Crippen MR) is 51.4 cm³/mol. The van der Waals surface area contributed by atoms with Crippen molar-refractivity contribution in [1.82, 2.24) is 5.32 Å². The molecule has 1 fully saturated rings. The second-order valence-electron chi connectivity index (χ2n) is 4.69. The average molecular weight is 185 g/mol. The topological polar surface area (TPSA) is 38.3 Å². The van der Waals surface area contributed by atoms with Gasteiger partial charge in [-0.15, -0.1) is 0 Å². The number of rotatable bonds is 2. The Morgan fingerprint density at radius 3 is 2.31 bits per heavy atom. The van der Waals surface area contributed by atoms with E-state index in [0.29, 0.717) is 6.04 Å². The molecule has 0 aromatic heterocycles. The lowest BCUT2D eigenvalue weighted by molar-refractivity contribution is -0.163. The van der Waals surface area contributed by atoms with Crippen molar-refractivity contribution in [3.8, 4) is 0 Å². The molecule has 0 heterocycles. The molecule has 13 heavy (non-hydrogen) atoms. The number of esters is 1. The van der Waals surface area contributed by atoms with Crippen LogP contribution in [-0.2, 0) is 9.53 Å². The number of carbonyl (C=O) groups excluding carboxylic acids is 1. The summed E-state index contributed by atoms with van der Waals surface area (Å²) < 4.78 is 5.27. The van der Waals surface area contributed by atoms with E-state index in [-0.39, 0.29) is 17.5 Å². The summed E-state index contributed by atoms with van der Waals surface area (Å²) in [4.78, 5) is 11.5. The summed E-state index contributed by atoms with van der Waals surface area (Å²) in [6.07, 6.45) is 1.84. The molecule has 0 amide bonds. The first-order chi connectivity index (χ1) is 5.92. The van der Waals surface area contributed by atoms with Crippen LogP contribution in [0.15, 0.2) is 0 Å². The summed E-state index contributed by atoms with van der Waals surface area (Å²) >= 11 is 0. The highest BCUT2D eigenvalue weighted by atomic mass is 16.6. The van der Waals surface area contributed by atoms with E-state index >= 15 is 0 Å². The monoisotopic (exact) mass is 185 g/mol. The second kappa shape index (κ2) is 3.66.